The lowest BCUT2D eigenvalue weighted by molar-refractivity contribution is -0.385. The van der Waals surface area contributed by atoms with E-state index in [1.54, 1.807) is 13.8 Å². The van der Waals surface area contributed by atoms with E-state index < -0.39 is 34.0 Å². The molecule has 27 heavy (non-hydrogen) atoms. The van der Waals surface area contributed by atoms with Crippen LogP contribution in [0.4, 0.5) is 5.69 Å². The topological polar surface area (TPSA) is 139 Å². The van der Waals surface area contributed by atoms with Gasteiger partial charge in [0.2, 0.25) is 5.91 Å². The molecule has 0 spiro atoms. The number of phenolic OH excluding ortho intramolecular Hbond substituents is 1. The lowest BCUT2D eigenvalue weighted by Crippen LogP contribution is -2.14. The number of thioether (sulfide) groups is 1. The van der Waals surface area contributed by atoms with Crippen molar-refractivity contribution in [1.29, 1.82) is 0 Å². The van der Waals surface area contributed by atoms with Crippen molar-refractivity contribution in [3.63, 3.8) is 0 Å². The van der Waals surface area contributed by atoms with Crippen molar-refractivity contribution in [3.8, 4) is 5.75 Å². The summed E-state index contributed by atoms with van der Waals surface area (Å²) in [5.74, 6) is -2.24. The number of aliphatic imine (C=N–C) groups is 1. The molecular formula is C17H16N2O7S. The van der Waals surface area contributed by atoms with Gasteiger partial charge in [-0.15, -0.1) is 0 Å². The molecule has 0 atom stereocenters. The molecule has 0 saturated heterocycles. The molecule has 1 aliphatic rings. The van der Waals surface area contributed by atoms with Crippen LogP contribution in [0.2, 0.25) is 0 Å². The van der Waals surface area contributed by atoms with E-state index in [1.165, 1.54) is 12.1 Å². The molecule has 0 unspecified atom stereocenters. The van der Waals surface area contributed by atoms with Gasteiger partial charge in [0.25, 0.3) is 0 Å². The molecule has 9 nitrogen and oxygen atoms in total. The van der Waals surface area contributed by atoms with E-state index in [1.807, 2.05) is 0 Å². The summed E-state index contributed by atoms with van der Waals surface area (Å²) in [5, 5.41) is 30.9. The summed E-state index contributed by atoms with van der Waals surface area (Å²) in [6.45, 7) is 3.27. The third-order valence-corrected chi connectivity index (χ3v) is 4.41. The normalized spacial score (nSPS) is 16.8. The molecule has 1 amide bonds. The molecular weight excluding hydrogens is 376 g/mol. The Morgan fingerprint density at radius 1 is 1.33 bits per heavy atom. The Labute approximate surface area is 158 Å². The van der Waals surface area contributed by atoms with E-state index in [4.69, 9.17) is 4.74 Å². The van der Waals surface area contributed by atoms with Crippen LogP contribution in [0.1, 0.15) is 25.8 Å². The maximum Gasteiger partial charge on any atom is 0.344 e. The number of hydrogen-bond acceptors (Lipinski definition) is 8. The standard InChI is InChI=1S/C17H16N2O7S/c1-3-13(21)18-16-14(17(23)26-4-2)15(22)12(27-16)8-9-5-6-11(20)10(7-9)19(24)25/h5-8,20,22H,3-4H2,1-2H3/b12-8-,18-16?. The van der Waals surface area contributed by atoms with Crippen LogP contribution in [-0.2, 0) is 14.3 Å². The zero-order valence-corrected chi connectivity index (χ0v) is 15.3. The van der Waals surface area contributed by atoms with E-state index in [-0.39, 0.29) is 28.5 Å². The lowest BCUT2D eigenvalue weighted by atomic mass is 10.1. The van der Waals surface area contributed by atoms with Gasteiger partial charge in [-0.1, -0.05) is 24.8 Å². The second-order valence-corrected chi connectivity index (χ2v) is 6.25. The molecule has 0 bridgehead atoms. The first-order valence-electron chi connectivity index (χ1n) is 7.88. The molecule has 0 radical (unpaired) electrons. The second kappa shape index (κ2) is 8.49. The number of aliphatic hydroxyl groups excluding tert-OH is 1. The average molecular weight is 392 g/mol. The highest BCUT2D eigenvalue weighted by molar-refractivity contribution is 8.18. The van der Waals surface area contributed by atoms with Crippen LogP contribution in [0, 0.1) is 10.1 Å². The van der Waals surface area contributed by atoms with Crippen molar-refractivity contribution in [2.75, 3.05) is 6.61 Å². The van der Waals surface area contributed by atoms with Gasteiger partial charge in [-0.25, -0.2) is 9.79 Å². The number of amides is 1. The van der Waals surface area contributed by atoms with E-state index in [9.17, 15) is 29.9 Å². The minimum atomic E-state index is -0.828. The number of phenols is 1. The van der Waals surface area contributed by atoms with Crippen LogP contribution in [0.5, 0.6) is 5.75 Å². The largest absolute Gasteiger partial charge is 0.506 e. The Kier molecular flexibility index (Phi) is 6.35. The summed E-state index contributed by atoms with van der Waals surface area (Å²) in [6, 6.07) is 3.67. The van der Waals surface area contributed by atoms with E-state index in [0.29, 0.717) is 5.56 Å². The van der Waals surface area contributed by atoms with E-state index in [0.717, 1.165) is 23.9 Å². The zero-order valence-electron chi connectivity index (χ0n) is 14.5. The summed E-state index contributed by atoms with van der Waals surface area (Å²) in [7, 11) is 0. The van der Waals surface area contributed by atoms with Crippen LogP contribution in [0.15, 0.2) is 39.4 Å². The Morgan fingerprint density at radius 2 is 2.04 bits per heavy atom. The summed E-state index contributed by atoms with van der Waals surface area (Å²) < 4.78 is 4.89. The summed E-state index contributed by atoms with van der Waals surface area (Å²) >= 11 is 0.871. The number of carbonyl (C=O) groups excluding carboxylic acids is 2. The minimum Gasteiger partial charge on any atom is -0.506 e. The number of nitrogens with zero attached hydrogens (tertiary/aromatic N) is 2. The molecule has 0 saturated carbocycles. The molecule has 142 valence electrons. The van der Waals surface area contributed by atoms with E-state index in [2.05, 4.69) is 4.99 Å². The number of ether oxygens (including phenoxy) is 1. The second-order valence-electron chi connectivity index (χ2n) is 5.22. The van der Waals surface area contributed by atoms with Gasteiger partial charge in [-0.05, 0) is 24.6 Å². The van der Waals surface area contributed by atoms with Gasteiger partial charge in [0.05, 0.1) is 16.4 Å². The number of benzene rings is 1. The fourth-order valence-electron chi connectivity index (χ4n) is 2.11. The van der Waals surface area contributed by atoms with Crippen molar-refractivity contribution >= 4 is 40.4 Å². The number of rotatable bonds is 5. The number of nitro groups is 1. The number of carbonyl (C=O) groups is 2. The fraction of sp³-hybridized carbons (Fsp3) is 0.235. The number of nitro benzene ring substituents is 1. The molecule has 0 fully saturated rings. The SMILES string of the molecule is CCOC(=O)C1=C(O)/C(=C/c2ccc(O)c([N+](=O)[O-])c2)SC1=NC(=O)CC. The van der Waals surface area contributed by atoms with Crippen LogP contribution in [-0.4, -0.2) is 38.7 Å². The number of aliphatic hydroxyl groups is 1. The van der Waals surface area contributed by atoms with Crippen LogP contribution >= 0.6 is 11.8 Å². The predicted molar refractivity (Wildman–Crippen MR) is 99.4 cm³/mol. The van der Waals surface area contributed by atoms with Crippen LogP contribution in [0.3, 0.4) is 0 Å². The third kappa shape index (κ3) is 4.53. The van der Waals surface area contributed by atoms with Gasteiger partial charge in [-0.3, -0.25) is 14.9 Å². The fourth-order valence-corrected chi connectivity index (χ4v) is 3.14. The van der Waals surface area contributed by atoms with Gasteiger partial charge < -0.3 is 14.9 Å². The zero-order chi connectivity index (χ0) is 20.1. The number of aromatic hydroxyl groups is 1. The Bertz CT molecular complexity index is 903. The van der Waals surface area contributed by atoms with Crippen molar-refractivity contribution in [1.82, 2.24) is 0 Å². The van der Waals surface area contributed by atoms with Gasteiger partial charge in [-0.2, -0.15) is 0 Å². The average Bonchev–Trinajstić information content (AvgIpc) is 2.91. The lowest BCUT2D eigenvalue weighted by Gasteiger charge is -2.02. The molecule has 2 rings (SSSR count). The minimum absolute atomic E-state index is 0.00247. The molecule has 1 aliphatic heterocycles. The maximum absolute atomic E-state index is 12.1. The van der Waals surface area contributed by atoms with Crippen molar-refractivity contribution in [2.24, 2.45) is 4.99 Å². The highest BCUT2D eigenvalue weighted by Gasteiger charge is 2.33. The molecule has 1 heterocycles. The first-order valence-corrected chi connectivity index (χ1v) is 8.69. The van der Waals surface area contributed by atoms with Gasteiger partial charge in [0, 0.05) is 12.5 Å². The molecule has 0 aliphatic carbocycles. The predicted octanol–water partition coefficient (Wildman–Crippen LogP) is 3.10. The Balaban J connectivity index is 2.51. The van der Waals surface area contributed by atoms with Gasteiger partial charge >= 0.3 is 11.7 Å². The van der Waals surface area contributed by atoms with Crippen molar-refractivity contribution in [2.45, 2.75) is 20.3 Å². The summed E-state index contributed by atoms with van der Waals surface area (Å²) in [5.41, 5.74) is -0.431. The summed E-state index contributed by atoms with van der Waals surface area (Å²) in [6.07, 6.45) is 1.49. The van der Waals surface area contributed by atoms with Gasteiger partial charge in [0.15, 0.2) is 5.75 Å². The molecule has 1 aromatic rings. The van der Waals surface area contributed by atoms with E-state index >= 15 is 0 Å². The highest BCUT2D eigenvalue weighted by atomic mass is 32.2. The maximum atomic E-state index is 12.1. The quantitative estimate of drug-likeness (QED) is 0.443. The van der Waals surface area contributed by atoms with Gasteiger partial charge in [0.1, 0.15) is 16.4 Å². The molecule has 0 aromatic heterocycles. The van der Waals surface area contributed by atoms with Crippen molar-refractivity contribution in [3.05, 3.63) is 50.1 Å². The van der Waals surface area contributed by atoms with Crippen LogP contribution < -0.4 is 0 Å². The summed E-state index contributed by atoms with van der Waals surface area (Å²) in [4.78, 5) is 37.9. The Hall–Kier alpha value is -3.14. The Morgan fingerprint density at radius 3 is 2.63 bits per heavy atom. The van der Waals surface area contributed by atoms with Crippen molar-refractivity contribution < 1.29 is 29.5 Å². The first kappa shape index (κ1) is 20.2. The number of esters is 1. The number of hydrogen-bond donors (Lipinski definition) is 2. The smallest absolute Gasteiger partial charge is 0.344 e. The molecule has 2 N–H and O–H groups in total. The first-order chi connectivity index (χ1) is 12.8. The highest BCUT2D eigenvalue weighted by Crippen LogP contribution is 2.40. The monoisotopic (exact) mass is 392 g/mol. The molecule has 10 heteroatoms. The third-order valence-electron chi connectivity index (χ3n) is 3.39. The molecule has 1 aromatic carbocycles. The van der Waals surface area contributed by atoms with Crippen LogP contribution in [0.25, 0.3) is 6.08 Å².